The van der Waals surface area contributed by atoms with E-state index in [1.807, 2.05) is 75.9 Å². The lowest BCUT2D eigenvalue weighted by molar-refractivity contribution is 0.0663. The van der Waals surface area contributed by atoms with Crippen molar-refractivity contribution in [3.05, 3.63) is 66.1 Å². The molecule has 3 aromatic rings. The first-order chi connectivity index (χ1) is 12.6. The number of piperazine rings is 1. The Bertz CT molecular complexity index is 890. The number of likely N-dealkylation sites (N-methyl/N-ethyl adjacent to an activating group) is 1. The lowest BCUT2D eigenvalue weighted by Crippen LogP contribution is -2.47. The average molecular weight is 349 g/mol. The zero-order valence-corrected chi connectivity index (χ0v) is 15.2. The molecule has 0 bridgehead atoms. The highest BCUT2D eigenvalue weighted by Crippen LogP contribution is 2.24. The van der Waals surface area contributed by atoms with Gasteiger partial charge in [-0.3, -0.25) is 4.79 Å². The zero-order chi connectivity index (χ0) is 18.1. The third-order valence-corrected chi connectivity index (χ3v) is 4.89. The van der Waals surface area contributed by atoms with Crippen LogP contribution in [0.1, 0.15) is 16.1 Å². The number of benzene rings is 1. The number of rotatable bonds is 3. The molecule has 0 radical (unpaired) electrons. The standard InChI is InChI=1S/C20H23N5O/c1-16-18(20(26)24-14-12-22(2)13-15-24)19(23-10-6-7-11-23)25(21-16)17-8-4-3-5-9-17/h3-11H,12-15H2,1-2H3. The average Bonchev–Trinajstić information content (AvgIpc) is 3.30. The molecule has 0 aliphatic carbocycles. The summed E-state index contributed by atoms with van der Waals surface area (Å²) in [6.45, 7) is 5.20. The summed E-state index contributed by atoms with van der Waals surface area (Å²) in [4.78, 5) is 17.5. The minimum atomic E-state index is 0.0569. The van der Waals surface area contributed by atoms with Crippen LogP contribution < -0.4 is 0 Å². The largest absolute Gasteiger partial charge is 0.336 e. The van der Waals surface area contributed by atoms with Gasteiger partial charge in [0, 0.05) is 38.6 Å². The molecule has 1 saturated heterocycles. The Morgan fingerprint density at radius 3 is 2.27 bits per heavy atom. The Morgan fingerprint density at radius 2 is 1.62 bits per heavy atom. The first-order valence-electron chi connectivity index (χ1n) is 8.91. The summed E-state index contributed by atoms with van der Waals surface area (Å²) >= 11 is 0. The first-order valence-corrected chi connectivity index (χ1v) is 8.91. The number of carbonyl (C=O) groups is 1. The van der Waals surface area contributed by atoms with E-state index in [-0.39, 0.29) is 5.91 Å². The summed E-state index contributed by atoms with van der Waals surface area (Å²) in [6.07, 6.45) is 3.91. The summed E-state index contributed by atoms with van der Waals surface area (Å²) in [5.74, 6) is 0.851. The topological polar surface area (TPSA) is 46.3 Å². The maximum atomic E-state index is 13.3. The van der Waals surface area contributed by atoms with Crippen LogP contribution in [-0.2, 0) is 0 Å². The second-order valence-corrected chi connectivity index (χ2v) is 6.72. The third kappa shape index (κ3) is 2.93. The van der Waals surface area contributed by atoms with E-state index in [2.05, 4.69) is 11.9 Å². The quantitative estimate of drug-likeness (QED) is 0.729. The van der Waals surface area contributed by atoms with Crippen molar-refractivity contribution in [2.75, 3.05) is 33.2 Å². The van der Waals surface area contributed by atoms with Gasteiger partial charge in [-0.25, -0.2) is 4.68 Å². The number of aryl methyl sites for hydroxylation is 1. The maximum Gasteiger partial charge on any atom is 0.259 e. The Morgan fingerprint density at radius 1 is 0.962 bits per heavy atom. The highest BCUT2D eigenvalue weighted by Gasteiger charge is 2.28. The Labute approximate surface area is 153 Å². The van der Waals surface area contributed by atoms with Crippen molar-refractivity contribution in [2.24, 2.45) is 0 Å². The van der Waals surface area contributed by atoms with Gasteiger partial charge in [0.1, 0.15) is 5.56 Å². The summed E-state index contributed by atoms with van der Waals surface area (Å²) in [5.41, 5.74) is 2.37. The van der Waals surface area contributed by atoms with Gasteiger partial charge in [0.25, 0.3) is 5.91 Å². The van der Waals surface area contributed by atoms with Crippen LogP contribution >= 0.6 is 0 Å². The van der Waals surface area contributed by atoms with E-state index >= 15 is 0 Å². The summed E-state index contributed by atoms with van der Waals surface area (Å²) < 4.78 is 3.83. The number of para-hydroxylation sites is 1. The van der Waals surface area contributed by atoms with E-state index in [0.29, 0.717) is 5.56 Å². The number of carbonyl (C=O) groups excluding carboxylic acids is 1. The van der Waals surface area contributed by atoms with Gasteiger partial charge in [0.2, 0.25) is 0 Å². The van der Waals surface area contributed by atoms with Gasteiger partial charge in [-0.2, -0.15) is 5.10 Å². The van der Waals surface area contributed by atoms with Crippen molar-refractivity contribution in [1.82, 2.24) is 24.1 Å². The molecule has 1 fully saturated rings. The van der Waals surface area contributed by atoms with Crippen molar-refractivity contribution in [3.63, 3.8) is 0 Å². The third-order valence-electron chi connectivity index (χ3n) is 4.89. The molecular formula is C20H23N5O. The van der Waals surface area contributed by atoms with E-state index in [4.69, 9.17) is 5.10 Å². The SMILES string of the molecule is Cc1nn(-c2ccccc2)c(-n2cccc2)c1C(=O)N1CCN(C)CC1. The fourth-order valence-electron chi connectivity index (χ4n) is 3.40. The fraction of sp³-hybridized carbons (Fsp3) is 0.300. The smallest absolute Gasteiger partial charge is 0.259 e. The van der Waals surface area contributed by atoms with Crippen molar-refractivity contribution < 1.29 is 4.79 Å². The van der Waals surface area contributed by atoms with Crippen LogP contribution in [0.15, 0.2) is 54.9 Å². The van der Waals surface area contributed by atoms with E-state index in [0.717, 1.165) is 43.4 Å². The van der Waals surface area contributed by atoms with Gasteiger partial charge in [0.05, 0.1) is 11.4 Å². The fourth-order valence-corrected chi connectivity index (χ4v) is 3.40. The Kier molecular flexibility index (Phi) is 4.34. The number of amides is 1. The van der Waals surface area contributed by atoms with Crippen molar-refractivity contribution in [2.45, 2.75) is 6.92 Å². The summed E-state index contributed by atoms with van der Waals surface area (Å²) in [6, 6.07) is 13.9. The van der Waals surface area contributed by atoms with Gasteiger partial charge in [0.15, 0.2) is 5.82 Å². The second kappa shape index (κ2) is 6.80. The minimum Gasteiger partial charge on any atom is -0.336 e. The van der Waals surface area contributed by atoms with E-state index in [9.17, 15) is 4.79 Å². The molecule has 1 aromatic carbocycles. The van der Waals surface area contributed by atoms with Crippen LogP contribution in [0.4, 0.5) is 0 Å². The molecule has 4 rings (SSSR count). The van der Waals surface area contributed by atoms with Crippen molar-refractivity contribution >= 4 is 5.91 Å². The Balaban J connectivity index is 1.82. The predicted molar refractivity (Wildman–Crippen MR) is 101 cm³/mol. The molecule has 26 heavy (non-hydrogen) atoms. The van der Waals surface area contributed by atoms with Crippen LogP contribution in [0.25, 0.3) is 11.5 Å². The molecule has 2 aromatic heterocycles. The molecule has 6 heteroatoms. The van der Waals surface area contributed by atoms with Crippen molar-refractivity contribution in [1.29, 1.82) is 0 Å². The van der Waals surface area contributed by atoms with E-state index < -0.39 is 0 Å². The normalized spacial score (nSPS) is 15.4. The van der Waals surface area contributed by atoms with Crippen LogP contribution in [0.5, 0.6) is 0 Å². The molecule has 1 aliphatic rings. The van der Waals surface area contributed by atoms with Gasteiger partial charge in [-0.05, 0) is 38.2 Å². The molecule has 134 valence electrons. The molecule has 1 amide bonds. The number of aromatic nitrogens is 3. The highest BCUT2D eigenvalue weighted by molar-refractivity contribution is 5.98. The molecule has 0 spiro atoms. The van der Waals surface area contributed by atoms with Crippen LogP contribution in [0, 0.1) is 6.92 Å². The molecule has 0 N–H and O–H groups in total. The van der Waals surface area contributed by atoms with Crippen LogP contribution in [0.3, 0.4) is 0 Å². The number of nitrogens with zero attached hydrogens (tertiary/aromatic N) is 5. The molecule has 1 aliphatic heterocycles. The molecule has 0 unspecified atom stereocenters. The lowest BCUT2D eigenvalue weighted by atomic mass is 10.2. The van der Waals surface area contributed by atoms with Gasteiger partial charge in [-0.15, -0.1) is 0 Å². The summed E-state index contributed by atoms with van der Waals surface area (Å²) in [7, 11) is 2.09. The molecule has 3 heterocycles. The maximum absolute atomic E-state index is 13.3. The summed E-state index contributed by atoms with van der Waals surface area (Å²) in [5, 5.41) is 4.71. The van der Waals surface area contributed by atoms with Gasteiger partial charge in [-0.1, -0.05) is 18.2 Å². The minimum absolute atomic E-state index is 0.0569. The lowest BCUT2D eigenvalue weighted by Gasteiger charge is -2.32. The molecule has 0 saturated carbocycles. The van der Waals surface area contributed by atoms with Gasteiger partial charge >= 0.3 is 0 Å². The van der Waals surface area contributed by atoms with E-state index in [1.165, 1.54) is 0 Å². The van der Waals surface area contributed by atoms with Gasteiger partial charge < -0.3 is 14.4 Å². The molecule has 6 nitrogen and oxygen atoms in total. The molecule has 0 atom stereocenters. The van der Waals surface area contributed by atoms with E-state index in [1.54, 1.807) is 0 Å². The van der Waals surface area contributed by atoms with Crippen LogP contribution in [-0.4, -0.2) is 63.3 Å². The Hall–Kier alpha value is -2.86. The zero-order valence-electron chi connectivity index (χ0n) is 15.2. The van der Waals surface area contributed by atoms with Crippen molar-refractivity contribution in [3.8, 4) is 11.5 Å². The second-order valence-electron chi connectivity index (χ2n) is 6.72. The predicted octanol–water partition coefficient (Wildman–Crippen LogP) is 2.36. The number of hydrogen-bond acceptors (Lipinski definition) is 3. The monoisotopic (exact) mass is 349 g/mol. The number of hydrogen-bond donors (Lipinski definition) is 0. The highest BCUT2D eigenvalue weighted by atomic mass is 16.2. The molecular weight excluding hydrogens is 326 g/mol. The first kappa shape index (κ1) is 16.6. The van der Waals surface area contributed by atoms with Crippen LogP contribution in [0.2, 0.25) is 0 Å².